The first-order valence-corrected chi connectivity index (χ1v) is 6.39. The van der Waals surface area contributed by atoms with Crippen molar-refractivity contribution < 1.29 is 4.74 Å². The maximum atomic E-state index is 12.1. The highest BCUT2D eigenvalue weighted by atomic mass is 16.5. The molecule has 4 heteroatoms. The van der Waals surface area contributed by atoms with Crippen molar-refractivity contribution in [2.75, 3.05) is 6.61 Å². The quantitative estimate of drug-likeness (QED) is 0.773. The summed E-state index contributed by atoms with van der Waals surface area (Å²) in [5.74, 6) is 0.776. The lowest BCUT2D eigenvalue weighted by Crippen LogP contribution is -2.18. The first-order chi connectivity index (χ1) is 9.26. The summed E-state index contributed by atoms with van der Waals surface area (Å²) in [5.41, 5.74) is -0.140. The Labute approximate surface area is 111 Å². The predicted octanol–water partition coefficient (Wildman–Crippen LogP) is 2.70. The minimum atomic E-state index is -0.140. The van der Waals surface area contributed by atoms with Crippen LogP contribution in [-0.2, 0) is 6.54 Å². The van der Waals surface area contributed by atoms with Crippen LogP contribution in [0.2, 0.25) is 0 Å². The molecule has 0 aliphatic carbocycles. The smallest absolute Gasteiger partial charge is 0.259 e. The van der Waals surface area contributed by atoms with E-state index in [1.54, 1.807) is 18.3 Å². The fourth-order valence-electron chi connectivity index (χ4n) is 1.89. The first kappa shape index (κ1) is 13.2. The van der Waals surface area contributed by atoms with E-state index < -0.39 is 0 Å². The van der Waals surface area contributed by atoms with Gasteiger partial charge in [0.25, 0.3) is 5.56 Å². The number of ether oxygens (including phenoxy) is 1. The van der Waals surface area contributed by atoms with E-state index in [1.165, 1.54) is 4.57 Å². The summed E-state index contributed by atoms with van der Waals surface area (Å²) in [5, 5.41) is 10.1. The number of benzene rings is 1. The van der Waals surface area contributed by atoms with Crippen molar-refractivity contribution in [1.29, 1.82) is 5.26 Å². The third kappa shape index (κ3) is 2.94. The first-order valence-electron chi connectivity index (χ1n) is 6.39. The zero-order chi connectivity index (χ0) is 13.7. The summed E-state index contributed by atoms with van der Waals surface area (Å²) in [4.78, 5) is 12.1. The van der Waals surface area contributed by atoms with Crippen LogP contribution in [-0.4, -0.2) is 11.2 Å². The van der Waals surface area contributed by atoms with Gasteiger partial charge >= 0.3 is 0 Å². The molecule has 0 unspecified atom stereocenters. The molecule has 0 amide bonds. The zero-order valence-electron chi connectivity index (χ0n) is 10.9. The van der Waals surface area contributed by atoms with Gasteiger partial charge in [-0.05, 0) is 36.1 Å². The molecule has 0 aliphatic heterocycles. The van der Waals surface area contributed by atoms with E-state index in [-0.39, 0.29) is 12.1 Å². The number of fused-ring (bicyclic) bond motifs is 1. The van der Waals surface area contributed by atoms with E-state index in [9.17, 15) is 4.79 Å². The van der Waals surface area contributed by atoms with Gasteiger partial charge in [0.05, 0.1) is 12.7 Å². The Morgan fingerprint density at radius 3 is 2.95 bits per heavy atom. The molecule has 2 aromatic rings. The highest BCUT2D eigenvalue weighted by Crippen LogP contribution is 2.18. The summed E-state index contributed by atoms with van der Waals surface area (Å²) in [6.07, 6.45) is 3.75. The molecule has 1 aromatic carbocycles. The Morgan fingerprint density at radius 1 is 1.37 bits per heavy atom. The van der Waals surface area contributed by atoms with Gasteiger partial charge in [-0.2, -0.15) is 5.26 Å². The second kappa shape index (κ2) is 6.05. The van der Waals surface area contributed by atoms with Crippen molar-refractivity contribution in [1.82, 2.24) is 4.57 Å². The molecular formula is C15H16N2O2. The summed E-state index contributed by atoms with van der Waals surface area (Å²) in [7, 11) is 0. The molecule has 98 valence electrons. The zero-order valence-corrected chi connectivity index (χ0v) is 10.9. The van der Waals surface area contributed by atoms with Crippen LogP contribution >= 0.6 is 0 Å². The molecular weight excluding hydrogens is 240 g/mol. The van der Waals surface area contributed by atoms with Crippen molar-refractivity contribution in [2.24, 2.45) is 0 Å². The molecule has 0 saturated heterocycles. The fraction of sp³-hybridized carbons (Fsp3) is 0.333. The molecule has 19 heavy (non-hydrogen) atoms. The van der Waals surface area contributed by atoms with Crippen LogP contribution in [0.15, 0.2) is 35.3 Å². The monoisotopic (exact) mass is 256 g/mol. The maximum Gasteiger partial charge on any atom is 0.259 e. The number of unbranched alkanes of at least 4 members (excludes halogenated alkanes) is 1. The minimum absolute atomic E-state index is 0.0729. The Hall–Kier alpha value is -2.28. The van der Waals surface area contributed by atoms with Gasteiger partial charge in [0.15, 0.2) is 0 Å². The van der Waals surface area contributed by atoms with E-state index in [0.29, 0.717) is 12.0 Å². The maximum absolute atomic E-state index is 12.1. The molecule has 0 saturated carbocycles. The lowest BCUT2D eigenvalue weighted by molar-refractivity contribution is 0.310. The molecule has 0 spiro atoms. The van der Waals surface area contributed by atoms with Crippen molar-refractivity contribution in [3.8, 4) is 11.8 Å². The second-order valence-electron chi connectivity index (χ2n) is 4.36. The van der Waals surface area contributed by atoms with Crippen LogP contribution in [0, 0.1) is 11.3 Å². The van der Waals surface area contributed by atoms with Gasteiger partial charge in [-0.15, -0.1) is 0 Å². The molecule has 0 fully saturated rings. The molecule has 1 aromatic heterocycles. The van der Waals surface area contributed by atoms with E-state index >= 15 is 0 Å². The largest absolute Gasteiger partial charge is 0.494 e. The Kier molecular flexibility index (Phi) is 4.19. The van der Waals surface area contributed by atoms with Gasteiger partial charge in [-0.1, -0.05) is 13.3 Å². The van der Waals surface area contributed by atoms with Crippen LogP contribution in [0.3, 0.4) is 0 Å². The Bertz CT molecular complexity index is 668. The Morgan fingerprint density at radius 2 is 2.21 bits per heavy atom. The molecule has 0 bridgehead atoms. The highest BCUT2D eigenvalue weighted by Gasteiger charge is 2.04. The van der Waals surface area contributed by atoms with Crippen molar-refractivity contribution in [3.63, 3.8) is 0 Å². The number of nitrogens with zero attached hydrogens (tertiary/aromatic N) is 2. The number of aromatic nitrogens is 1. The number of pyridine rings is 1. The highest BCUT2D eigenvalue weighted by molar-refractivity contribution is 5.82. The molecule has 0 atom stereocenters. The van der Waals surface area contributed by atoms with Crippen LogP contribution < -0.4 is 10.3 Å². The normalized spacial score (nSPS) is 10.3. The molecule has 1 heterocycles. The summed E-state index contributed by atoms with van der Waals surface area (Å²) in [6, 6.07) is 9.23. The number of hydrogen-bond acceptors (Lipinski definition) is 3. The van der Waals surface area contributed by atoms with Gasteiger partial charge in [-0.3, -0.25) is 4.79 Å². The average Bonchev–Trinajstić information content (AvgIpc) is 2.42. The van der Waals surface area contributed by atoms with Crippen LogP contribution in [0.1, 0.15) is 19.8 Å². The number of hydrogen-bond donors (Lipinski definition) is 0. The summed E-state index contributed by atoms with van der Waals surface area (Å²) >= 11 is 0. The third-order valence-electron chi connectivity index (χ3n) is 2.96. The standard InChI is InChI=1S/C15H16N2O2/c1-2-3-10-19-13-4-5-14-12(11-13)6-8-17(9-7-16)15(14)18/h4-6,8,11H,2-3,9-10H2,1H3. The van der Waals surface area contributed by atoms with Crippen LogP contribution in [0.5, 0.6) is 5.75 Å². The van der Waals surface area contributed by atoms with Crippen molar-refractivity contribution in [3.05, 3.63) is 40.8 Å². The van der Waals surface area contributed by atoms with Gasteiger partial charge in [0, 0.05) is 11.6 Å². The Balaban J connectivity index is 2.33. The minimum Gasteiger partial charge on any atom is -0.494 e. The predicted molar refractivity (Wildman–Crippen MR) is 74.2 cm³/mol. The molecule has 2 rings (SSSR count). The van der Waals surface area contributed by atoms with Crippen LogP contribution in [0.25, 0.3) is 10.8 Å². The molecule has 0 radical (unpaired) electrons. The molecule has 0 aliphatic rings. The molecule has 4 nitrogen and oxygen atoms in total. The van der Waals surface area contributed by atoms with Gasteiger partial charge in [-0.25, -0.2) is 0 Å². The van der Waals surface area contributed by atoms with Gasteiger partial charge in [0.1, 0.15) is 12.3 Å². The average molecular weight is 256 g/mol. The summed E-state index contributed by atoms with van der Waals surface area (Å²) < 4.78 is 7.01. The van der Waals surface area contributed by atoms with Crippen LogP contribution in [0.4, 0.5) is 0 Å². The SMILES string of the molecule is CCCCOc1ccc2c(=O)n(CC#N)ccc2c1. The van der Waals surface area contributed by atoms with E-state index in [0.717, 1.165) is 24.0 Å². The third-order valence-corrected chi connectivity index (χ3v) is 2.96. The van der Waals surface area contributed by atoms with Gasteiger partial charge < -0.3 is 9.30 Å². The number of rotatable bonds is 5. The van der Waals surface area contributed by atoms with E-state index in [2.05, 4.69) is 6.92 Å². The van der Waals surface area contributed by atoms with E-state index in [1.807, 2.05) is 18.2 Å². The number of nitriles is 1. The van der Waals surface area contributed by atoms with Crippen molar-refractivity contribution in [2.45, 2.75) is 26.3 Å². The topological polar surface area (TPSA) is 55.0 Å². The van der Waals surface area contributed by atoms with Gasteiger partial charge in [0.2, 0.25) is 0 Å². The van der Waals surface area contributed by atoms with E-state index in [4.69, 9.17) is 10.00 Å². The van der Waals surface area contributed by atoms with Crippen molar-refractivity contribution >= 4 is 10.8 Å². The second-order valence-corrected chi connectivity index (χ2v) is 4.36. The lowest BCUT2D eigenvalue weighted by Gasteiger charge is -2.07. The lowest BCUT2D eigenvalue weighted by atomic mass is 10.1. The fourth-order valence-corrected chi connectivity index (χ4v) is 1.89. The molecule has 0 N–H and O–H groups in total. The summed E-state index contributed by atoms with van der Waals surface area (Å²) in [6.45, 7) is 2.87.